The van der Waals surface area contributed by atoms with Crippen LogP contribution < -0.4 is 0 Å². The zero-order valence-corrected chi connectivity index (χ0v) is 13.1. The Kier molecular flexibility index (Phi) is 3.75. The van der Waals surface area contributed by atoms with E-state index in [-0.39, 0.29) is 5.91 Å². The molecule has 1 amide bonds. The summed E-state index contributed by atoms with van der Waals surface area (Å²) in [4.78, 5) is 29.3. The van der Waals surface area contributed by atoms with Crippen LogP contribution in [0.5, 0.6) is 0 Å². The van der Waals surface area contributed by atoms with Crippen molar-refractivity contribution in [1.82, 2.24) is 9.46 Å². The number of amides is 1. The van der Waals surface area contributed by atoms with Crippen LogP contribution in [-0.2, 0) is 9.57 Å². The van der Waals surface area contributed by atoms with Crippen molar-refractivity contribution >= 4 is 28.3 Å². The van der Waals surface area contributed by atoms with Gasteiger partial charge in [-0.3, -0.25) is 9.63 Å². The summed E-state index contributed by atoms with van der Waals surface area (Å²) >= 11 is 0. The van der Waals surface area contributed by atoms with Crippen molar-refractivity contribution in [2.75, 3.05) is 21.3 Å². The van der Waals surface area contributed by atoms with Gasteiger partial charge in [-0.1, -0.05) is 12.1 Å². The van der Waals surface area contributed by atoms with E-state index in [4.69, 9.17) is 9.57 Å². The second-order valence-corrected chi connectivity index (χ2v) is 5.04. The number of aromatic nitrogens is 1. The van der Waals surface area contributed by atoms with Gasteiger partial charge in [0.2, 0.25) is 0 Å². The highest BCUT2D eigenvalue weighted by Gasteiger charge is 2.20. The van der Waals surface area contributed by atoms with Gasteiger partial charge in [-0.25, -0.2) is 9.86 Å². The summed E-state index contributed by atoms with van der Waals surface area (Å²) in [5, 5.41) is 1.89. The quantitative estimate of drug-likeness (QED) is 0.551. The van der Waals surface area contributed by atoms with Gasteiger partial charge in [-0.2, -0.15) is 0 Å². The molecule has 0 saturated carbocycles. The van der Waals surface area contributed by atoms with Gasteiger partial charge in [-0.15, -0.1) is 0 Å². The van der Waals surface area contributed by atoms with E-state index in [1.807, 2.05) is 28.8 Å². The first-order valence-corrected chi connectivity index (χ1v) is 7.01. The Morgan fingerprint density at radius 2 is 1.87 bits per heavy atom. The number of hydrogen-bond donors (Lipinski definition) is 0. The van der Waals surface area contributed by atoms with Gasteiger partial charge in [0, 0.05) is 24.2 Å². The lowest BCUT2D eigenvalue weighted by atomic mass is 10.1. The maximum absolute atomic E-state index is 12.3. The highest BCUT2D eigenvalue weighted by Crippen LogP contribution is 2.28. The molecule has 0 N–H and O–H groups in total. The third-order valence-corrected chi connectivity index (χ3v) is 3.84. The summed E-state index contributed by atoms with van der Waals surface area (Å²) in [6, 6.07) is 10.7. The van der Waals surface area contributed by atoms with Crippen molar-refractivity contribution in [3.63, 3.8) is 0 Å². The SMILES string of the molecule is COC(=O)c1c2ccc(C(=O)N(C)OC)cc2n2ccccc12. The van der Waals surface area contributed by atoms with Crippen LogP contribution in [0.3, 0.4) is 0 Å². The highest BCUT2D eigenvalue weighted by atomic mass is 16.7. The van der Waals surface area contributed by atoms with Gasteiger partial charge in [0.25, 0.3) is 5.91 Å². The second-order valence-electron chi connectivity index (χ2n) is 5.04. The maximum atomic E-state index is 12.3. The number of rotatable bonds is 3. The molecule has 1 aromatic carbocycles. The van der Waals surface area contributed by atoms with E-state index >= 15 is 0 Å². The standard InChI is InChI=1S/C17H16N2O4/c1-18(23-3)16(20)11-7-8-12-14(10-11)19-9-5-4-6-13(19)15(12)17(21)22-2/h4-10H,1-3H3. The number of pyridine rings is 1. The van der Waals surface area contributed by atoms with Crippen LogP contribution in [0.2, 0.25) is 0 Å². The fourth-order valence-electron chi connectivity index (χ4n) is 2.65. The molecule has 0 aliphatic rings. The van der Waals surface area contributed by atoms with E-state index in [0.29, 0.717) is 11.1 Å². The van der Waals surface area contributed by atoms with Gasteiger partial charge >= 0.3 is 5.97 Å². The molecular weight excluding hydrogens is 296 g/mol. The molecule has 0 unspecified atom stereocenters. The van der Waals surface area contributed by atoms with E-state index in [1.165, 1.54) is 14.2 Å². The zero-order chi connectivity index (χ0) is 16.6. The number of nitrogens with zero attached hydrogens (tertiary/aromatic N) is 2. The maximum Gasteiger partial charge on any atom is 0.340 e. The first-order chi connectivity index (χ1) is 11.1. The molecule has 0 aliphatic carbocycles. The lowest BCUT2D eigenvalue weighted by Crippen LogP contribution is -2.25. The van der Waals surface area contributed by atoms with Crippen molar-refractivity contribution in [2.24, 2.45) is 0 Å². The minimum Gasteiger partial charge on any atom is -0.465 e. The number of fused-ring (bicyclic) bond motifs is 3. The summed E-state index contributed by atoms with van der Waals surface area (Å²) in [6.45, 7) is 0. The fourth-order valence-corrected chi connectivity index (χ4v) is 2.65. The number of carbonyl (C=O) groups is 2. The highest BCUT2D eigenvalue weighted by molar-refractivity contribution is 6.12. The summed E-state index contributed by atoms with van der Waals surface area (Å²) in [6.07, 6.45) is 1.85. The van der Waals surface area contributed by atoms with Gasteiger partial charge in [0.15, 0.2) is 0 Å². The van der Waals surface area contributed by atoms with Gasteiger partial charge in [0.05, 0.1) is 30.8 Å². The Bertz CT molecular complexity index is 913. The first-order valence-electron chi connectivity index (χ1n) is 7.01. The van der Waals surface area contributed by atoms with Gasteiger partial charge < -0.3 is 9.14 Å². The van der Waals surface area contributed by atoms with Crippen molar-refractivity contribution < 1.29 is 19.2 Å². The predicted molar refractivity (Wildman–Crippen MR) is 85.3 cm³/mol. The van der Waals surface area contributed by atoms with Crippen LogP contribution in [0.1, 0.15) is 20.7 Å². The summed E-state index contributed by atoms with van der Waals surface area (Å²) < 4.78 is 6.76. The van der Waals surface area contributed by atoms with Crippen LogP contribution in [-0.4, -0.2) is 42.6 Å². The average Bonchev–Trinajstić information content (AvgIpc) is 2.93. The zero-order valence-electron chi connectivity index (χ0n) is 13.1. The topological polar surface area (TPSA) is 60.2 Å². The Morgan fingerprint density at radius 1 is 1.09 bits per heavy atom. The smallest absolute Gasteiger partial charge is 0.340 e. The molecule has 2 aromatic heterocycles. The molecule has 0 aliphatic heterocycles. The Balaban J connectivity index is 2.30. The van der Waals surface area contributed by atoms with Crippen LogP contribution in [0.4, 0.5) is 0 Å². The monoisotopic (exact) mass is 312 g/mol. The van der Waals surface area contributed by atoms with E-state index in [2.05, 4.69) is 0 Å². The van der Waals surface area contributed by atoms with Crippen LogP contribution in [0.25, 0.3) is 16.4 Å². The van der Waals surface area contributed by atoms with E-state index < -0.39 is 5.97 Å². The predicted octanol–water partition coefficient (Wildman–Crippen LogP) is 2.51. The minimum atomic E-state index is -0.406. The minimum absolute atomic E-state index is 0.264. The molecule has 3 aromatic rings. The lowest BCUT2D eigenvalue weighted by molar-refractivity contribution is -0.0756. The molecule has 6 heteroatoms. The molecular formula is C17H16N2O4. The van der Waals surface area contributed by atoms with Crippen molar-refractivity contribution in [3.05, 3.63) is 53.7 Å². The molecule has 2 heterocycles. The van der Waals surface area contributed by atoms with Crippen LogP contribution >= 0.6 is 0 Å². The number of hydrogen-bond acceptors (Lipinski definition) is 4. The Morgan fingerprint density at radius 3 is 2.57 bits per heavy atom. The number of methoxy groups -OCH3 is 1. The normalized spacial score (nSPS) is 10.9. The first kappa shape index (κ1) is 15.1. The third-order valence-electron chi connectivity index (χ3n) is 3.84. The second kappa shape index (κ2) is 5.73. The Labute approximate surface area is 132 Å². The molecule has 23 heavy (non-hydrogen) atoms. The summed E-state index contributed by atoms with van der Waals surface area (Å²) in [7, 11) is 4.33. The van der Waals surface area contributed by atoms with Crippen LogP contribution in [0.15, 0.2) is 42.6 Å². The van der Waals surface area contributed by atoms with Crippen LogP contribution in [0, 0.1) is 0 Å². The number of carbonyl (C=O) groups excluding carboxylic acids is 2. The largest absolute Gasteiger partial charge is 0.465 e. The number of benzene rings is 1. The summed E-state index contributed by atoms with van der Waals surface area (Å²) in [5.41, 5.74) is 2.46. The van der Waals surface area contributed by atoms with Gasteiger partial charge in [0.1, 0.15) is 0 Å². The molecule has 0 radical (unpaired) electrons. The molecule has 0 spiro atoms. The molecule has 3 rings (SSSR count). The summed E-state index contributed by atoms with van der Waals surface area (Å²) in [5.74, 6) is -0.670. The molecule has 0 saturated heterocycles. The molecule has 0 fully saturated rings. The third kappa shape index (κ3) is 2.33. The molecule has 0 atom stereocenters. The van der Waals surface area contributed by atoms with Gasteiger partial charge in [-0.05, 0) is 24.3 Å². The number of hydroxylamine groups is 2. The number of ether oxygens (including phenoxy) is 1. The lowest BCUT2D eigenvalue weighted by Gasteiger charge is -2.13. The van der Waals surface area contributed by atoms with E-state index in [1.54, 1.807) is 25.2 Å². The molecule has 0 bridgehead atoms. The van der Waals surface area contributed by atoms with Crippen molar-refractivity contribution in [1.29, 1.82) is 0 Å². The molecule has 118 valence electrons. The average molecular weight is 312 g/mol. The number of esters is 1. The molecule has 6 nitrogen and oxygen atoms in total. The van der Waals surface area contributed by atoms with E-state index in [0.717, 1.165) is 21.5 Å². The van der Waals surface area contributed by atoms with E-state index in [9.17, 15) is 9.59 Å². The van der Waals surface area contributed by atoms with Crippen molar-refractivity contribution in [2.45, 2.75) is 0 Å². The fraction of sp³-hybridized carbons (Fsp3) is 0.176. The Hall–Kier alpha value is -2.86. The van der Waals surface area contributed by atoms with Crippen molar-refractivity contribution in [3.8, 4) is 0 Å².